The molecule has 0 saturated heterocycles. The van der Waals surface area contributed by atoms with Gasteiger partial charge in [0.2, 0.25) is 13.2 Å². The molecule has 0 aliphatic heterocycles. The van der Waals surface area contributed by atoms with Gasteiger partial charge in [-0.05, 0) is 54.7 Å². The summed E-state index contributed by atoms with van der Waals surface area (Å²) in [7, 11) is -4.02. The van der Waals surface area contributed by atoms with Crippen LogP contribution in [0.5, 0.6) is 0 Å². The van der Waals surface area contributed by atoms with Gasteiger partial charge in [-0.15, -0.1) is 6.42 Å². The number of rotatable bonds is 6. The molecule has 3 aromatic rings. The van der Waals surface area contributed by atoms with Crippen molar-refractivity contribution in [2.45, 2.75) is 44.4 Å². The molecular weight excluding hydrogens is 444 g/mol. The lowest BCUT2D eigenvalue weighted by atomic mass is 9.75. The summed E-state index contributed by atoms with van der Waals surface area (Å²) in [4.78, 5) is 27.1. The zero-order chi connectivity index (χ0) is 24.7. The molecule has 3 rings (SSSR count). The van der Waals surface area contributed by atoms with Crippen molar-refractivity contribution in [3.63, 3.8) is 0 Å². The highest BCUT2D eigenvalue weighted by Gasteiger charge is 2.60. The Hall–Kier alpha value is -3.04. The second-order valence-corrected chi connectivity index (χ2v) is 9.82. The molecule has 0 amide bonds. The number of carboxylic acid groups (broad SMARTS) is 1. The number of fused-ring (bicyclic) bond motifs is 1. The second kappa shape index (κ2) is 8.72. The SMILES string of the molecule is C#CC(C(=O)O)([PH](=O)O)C(C)(O)c1c(C(C)C)nc2ccccc2c1-c1ccc(F)c(C)c1. The number of terminal acetylenes is 1. The van der Waals surface area contributed by atoms with Crippen molar-refractivity contribution in [3.05, 3.63) is 65.1 Å². The molecule has 8 heteroatoms. The third kappa shape index (κ3) is 3.75. The van der Waals surface area contributed by atoms with Gasteiger partial charge in [0.25, 0.3) is 0 Å². The van der Waals surface area contributed by atoms with E-state index >= 15 is 0 Å². The minimum atomic E-state index is -4.02. The van der Waals surface area contributed by atoms with Crippen LogP contribution in [0.1, 0.15) is 43.5 Å². The number of aliphatic carboxylic acids is 1. The number of nitrogens with zero attached hydrogens (tertiary/aromatic N) is 1. The van der Waals surface area contributed by atoms with E-state index in [0.29, 0.717) is 33.3 Å². The lowest BCUT2D eigenvalue weighted by molar-refractivity contribution is -0.145. The van der Waals surface area contributed by atoms with Gasteiger partial charge in [-0.25, -0.2) is 9.18 Å². The van der Waals surface area contributed by atoms with Crippen LogP contribution in [0.25, 0.3) is 22.0 Å². The molecule has 0 spiro atoms. The maximum Gasteiger partial charge on any atom is 0.335 e. The van der Waals surface area contributed by atoms with E-state index in [4.69, 9.17) is 6.42 Å². The van der Waals surface area contributed by atoms with Gasteiger partial charge >= 0.3 is 5.97 Å². The third-order valence-electron chi connectivity index (χ3n) is 5.99. The summed E-state index contributed by atoms with van der Waals surface area (Å²) in [6, 6.07) is 11.4. The van der Waals surface area contributed by atoms with Gasteiger partial charge in [0, 0.05) is 10.9 Å². The molecule has 0 bridgehead atoms. The Morgan fingerprint density at radius 2 is 1.88 bits per heavy atom. The highest BCUT2D eigenvalue weighted by Crippen LogP contribution is 2.53. The van der Waals surface area contributed by atoms with E-state index in [2.05, 4.69) is 4.98 Å². The predicted octanol–water partition coefficient (Wildman–Crippen LogP) is 4.60. The highest BCUT2D eigenvalue weighted by molar-refractivity contribution is 7.42. The van der Waals surface area contributed by atoms with E-state index in [9.17, 15) is 28.9 Å². The van der Waals surface area contributed by atoms with Crippen LogP contribution in [-0.2, 0) is 15.0 Å². The van der Waals surface area contributed by atoms with Gasteiger partial charge in [0.15, 0.2) is 0 Å². The van der Waals surface area contributed by atoms with Crippen molar-refractivity contribution in [3.8, 4) is 23.5 Å². The Balaban J connectivity index is 2.63. The standard InChI is InChI=1S/C25H25FNO5P/c1-6-25(23(28)29,33(31)32)24(5,30)21-20(16-11-12-18(26)15(4)13-16)17-9-7-8-10-19(17)27-22(21)14(2)3/h1,7-14,30,33H,2-5H3,(H,28,29)(H,31,32). The van der Waals surface area contributed by atoms with E-state index in [1.54, 1.807) is 51.1 Å². The molecule has 172 valence electrons. The molecule has 33 heavy (non-hydrogen) atoms. The quantitative estimate of drug-likeness (QED) is 0.360. The van der Waals surface area contributed by atoms with E-state index in [1.165, 1.54) is 12.1 Å². The molecule has 0 radical (unpaired) electrons. The van der Waals surface area contributed by atoms with Crippen LogP contribution in [0.15, 0.2) is 42.5 Å². The number of aryl methyl sites for hydroxylation is 1. The van der Waals surface area contributed by atoms with Gasteiger partial charge < -0.3 is 15.1 Å². The number of carbonyl (C=O) groups is 1. The largest absolute Gasteiger partial charge is 0.480 e. The van der Waals surface area contributed by atoms with Crippen LogP contribution >= 0.6 is 8.03 Å². The third-order valence-corrected chi connectivity index (χ3v) is 7.48. The lowest BCUT2D eigenvalue weighted by Crippen LogP contribution is -2.53. The Morgan fingerprint density at radius 3 is 2.39 bits per heavy atom. The van der Waals surface area contributed by atoms with Crippen LogP contribution in [0.2, 0.25) is 0 Å². The zero-order valence-corrected chi connectivity index (χ0v) is 19.7. The van der Waals surface area contributed by atoms with Crippen molar-refractivity contribution in [1.29, 1.82) is 0 Å². The van der Waals surface area contributed by atoms with Gasteiger partial charge in [0.05, 0.1) is 11.2 Å². The maximum atomic E-state index is 14.1. The Kier molecular flexibility index (Phi) is 6.50. The fraction of sp³-hybridized carbons (Fsp3) is 0.280. The first-order valence-corrected chi connectivity index (χ1v) is 11.6. The van der Waals surface area contributed by atoms with E-state index in [0.717, 1.165) is 6.92 Å². The molecule has 0 aliphatic carbocycles. The second-order valence-electron chi connectivity index (χ2n) is 8.46. The molecule has 3 N–H and O–H groups in total. The summed E-state index contributed by atoms with van der Waals surface area (Å²) >= 11 is 0. The molecule has 2 aromatic carbocycles. The summed E-state index contributed by atoms with van der Waals surface area (Å²) in [6.07, 6.45) is 5.51. The maximum absolute atomic E-state index is 14.1. The van der Waals surface area contributed by atoms with Crippen LogP contribution in [0.4, 0.5) is 4.39 Å². The van der Waals surface area contributed by atoms with Gasteiger partial charge in [0.1, 0.15) is 11.4 Å². The topological polar surface area (TPSA) is 108 Å². The van der Waals surface area contributed by atoms with Crippen LogP contribution < -0.4 is 0 Å². The van der Waals surface area contributed by atoms with Crippen molar-refractivity contribution in [2.24, 2.45) is 0 Å². The normalized spacial score (nSPS) is 16.1. The number of aromatic nitrogens is 1. The van der Waals surface area contributed by atoms with Crippen LogP contribution in [0, 0.1) is 25.1 Å². The zero-order valence-electron chi connectivity index (χ0n) is 18.7. The average molecular weight is 469 g/mol. The summed E-state index contributed by atoms with van der Waals surface area (Å²) in [5, 5.41) is 19.5. The summed E-state index contributed by atoms with van der Waals surface area (Å²) in [6.45, 7) is 6.31. The summed E-state index contributed by atoms with van der Waals surface area (Å²) < 4.78 is 26.5. The van der Waals surface area contributed by atoms with E-state index in [1.807, 2.05) is 5.92 Å². The molecule has 0 saturated carbocycles. The number of hydrogen-bond donors (Lipinski definition) is 3. The van der Waals surface area contributed by atoms with Gasteiger partial charge in [-0.3, -0.25) is 9.55 Å². The lowest BCUT2D eigenvalue weighted by Gasteiger charge is -2.39. The molecular formula is C25H25FNO5P. The Labute approximate surface area is 192 Å². The van der Waals surface area contributed by atoms with Crippen LogP contribution in [-0.4, -0.2) is 31.2 Å². The number of aliphatic hydroxyl groups is 1. The van der Waals surface area contributed by atoms with Crippen molar-refractivity contribution < 1.29 is 28.9 Å². The molecule has 3 atom stereocenters. The molecule has 1 aromatic heterocycles. The molecule has 6 nitrogen and oxygen atoms in total. The smallest absolute Gasteiger partial charge is 0.335 e. The van der Waals surface area contributed by atoms with E-state index < -0.39 is 30.6 Å². The number of halogens is 1. The first-order valence-electron chi connectivity index (χ1n) is 10.3. The van der Waals surface area contributed by atoms with Crippen LogP contribution in [0.3, 0.4) is 0 Å². The van der Waals surface area contributed by atoms with E-state index in [-0.39, 0.29) is 11.5 Å². The number of benzene rings is 2. The van der Waals surface area contributed by atoms with Crippen molar-refractivity contribution >= 4 is 24.9 Å². The monoisotopic (exact) mass is 469 g/mol. The first-order chi connectivity index (χ1) is 15.4. The molecule has 1 heterocycles. The Bertz CT molecular complexity index is 1310. The predicted molar refractivity (Wildman–Crippen MR) is 126 cm³/mol. The number of carboxylic acids is 1. The minimum Gasteiger partial charge on any atom is -0.480 e. The summed E-state index contributed by atoms with van der Waals surface area (Å²) in [5.41, 5.74) is -0.403. The highest BCUT2D eigenvalue weighted by atomic mass is 31.1. The number of pyridine rings is 1. The number of para-hydroxylation sites is 1. The van der Waals surface area contributed by atoms with Gasteiger partial charge in [-0.2, -0.15) is 0 Å². The summed E-state index contributed by atoms with van der Waals surface area (Å²) in [5.74, 6) is -0.638. The Morgan fingerprint density at radius 1 is 1.24 bits per heavy atom. The molecule has 0 aliphatic rings. The van der Waals surface area contributed by atoms with Crippen molar-refractivity contribution in [1.82, 2.24) is 4.98 Å². The minimum absolute atomic E-state index is 0.0231. The molecule has 0 fully saturated rings. The first kappa shape index (κ1) is 24.6. The number of hydrogen-bond acceptors (Lipinski definition) is 4. The fourth-order valence-electron chi connectivity index (χ4n) is 4.20. The average Bonchev–Trinajstić information content (AvgIpc) is 2.74. The molecule has 3 unspecified atom stereocenters. The van der Waals surface area contributed by atoms with Crippen molar-refractivity contribution in [2.75, 3.05) is 0 Å². The van der Waals surface area contributed by atoms with Gasteiger partial charge in [-0.1, -0.05) is 44.0 Å². The fourth-order valence-corrected chi connectivity index (χ4v) is 5.05.